The van der Waals surface area contributed by atoms with Crippen LogP contribution in [0.2, 0.25) is 0 Å². The summed E-state index contributed by atoms with van der Waals surface area (Å²) in [6.07, 6.45) is 1.03. The zero-order valence-corrected chi connectivity index (χ0v) is 15.5. The Hall–Kier alpha value is -0.870. The number of sulfonamides is 1. The van der Waals surface area contributed by atoms with Crippen molar-refractivity contribution in [1.82, 2.24) is 4.31 Å². The molecular weight excluding hydrogens is 364 g/mol. The largest absolute Gasteiger partial charge is 0.495 e. The lowest BCUT2D eigenvalue weighted by atomic mass is 10.1. The number of methoxy groups -OCH3 is 1. The minimum atomic E-state index is -3.87. The number of nitrogens with zero attached hydrogens (tertiary/aromatic N) is 1. The van der Waals surface area contributed by atoms with Crippen LogP contribution in [0.25, 0.3) is 0 Å². The molecule has 7 nitrogen and oxygen atoms in total. The first-order valence-corrected chi connectivity index (χ1v) is 10.0. The van der Waals surface area contributed by atoms with Gasteiger partial charge in [0.25, 0.3) is 0 Å². The SMILES string of the molecule is COc1ccc(S(C)(=O)=O)cc1S(=O)(=O)N1CC(C)C(N)C1.Cl. The highest BCUT2D eigenvalue weighted by molar-refractivity contribution is 7.91. The first-order valence-electron chi connectivity index (χ1n) is 6.71. The van der Waals surface area contributed by atoms with Crippen LogP contribution in [0.4, 0.5) is 0 Å². The fourth-order valence-electron chi connectivity index (χ4n) is 2.37. The van der Waals surface area contributed by atoms with Crippen LogP contribution in [0, 0.1) is 5.92 Å². The van der Waals surface area contributed by atoms with E-state index < -0.39 is 19.9 Å². The lowest BCUT2D eigenvalue weighted by Crippen LogP contribution is -2.32. The summed E-state index contributed by atoms with van der Waals surface area (Å²) in [6, 6.07) is 3.57. The molecule has 2 unspecified atom stereocenters. The highest BCUT2D eigenvalue weighted by Crippen LogP contribution is 2.31. The third kappa shape index (κ3) is 3.97. The van der Waals surface area contributed by atoms with Gasteiger partial charge in [0.15, 0.2) is 9.84 Å². The highest BCUT2D eigenvalue weighted by Gasteiger charge is 2.37. The molecule has 1 aliphatic rings. The summed E-state index contributed by atoms with van der Waals surface area (Å²) >= 11 is 0. The molecule has 2 rings (SSSR count). The Bertz CT molecular complexity index is 770. The Morgan fingerprint density at radius 1 is 1.22 bits per heavy atom. The van der Waals surface area contributed by atoms with Crippen LogP contribution in [0.1, 0.15) is 6.92 Å². The fourth-order valence-corrected chi connectivity index (χ4v) is 4.85. The third-order valence-corrected chi connectivity index (χ3v) is 6.78. The Morgan fingerprint density at radius 2 is 1.83 bits per heavy atom. The number of benzene rings is 1. The van der Waals surface area contributed by atoms with E-state index in [1.165, 1.54) is 23.5 Å². The van der Waals surface area contributed by atoms with Crippen molar-refractivity contribution in [3.05, 3.63) is 18.2 Å². The minimum absolute atomic E-state index is 0. The number of halogens is 1. The average molecular weight is 385 g/mol. The molecular formula is C13H21ClN2O5S2. The Kier molecular flexibility index (Phi) is 6.09. The molecule has 1 aliphatic heterocycles. The van der Waals surface area contributed by atoms with E-state index in [0.717, 1.165) is 12.3 Å². The number of nitrogens with two attached hydrogens (primary N) is 1. The maximum absolute atomic E-state index is 12.8. The van der Waals surface area contributed by atoms with Crippen LogP contribution < -0.4 is 10.5 Å². The maximum atomic E-state index is 12.8. The molecule has 132 valence electrons. The van der Waals surface area contributed by atoms with Gasteiger partial charge in [0.05, 0.1) is 12.0 Å². The Balaban J connectivity index is 0.00000264. The van der Waals surface area contributed by atoms with Crippen molar-refractivity contribution in [3.8, 4) is 5.75 Å². The zero-order chi connectivity index (χ0) is 16.7. The van der Waals surface area contributed by atoms with Crippen molar-refractivity contribution in [1.29, 1.82) is 0 Å². The Labute approximate surface area is 143 Å². The molecule has 1 aromatic carbocycles. The summed E-state index contributed by atoms with van der Waals surface area (Å²) in [7, 11) is -6.04. The Morgan fingerprint density at radius 3 is 2.26 bits per heavy atom. The van der Waals surface area contributed by atoms with Gasteiger partial charge in [0.1, 0.15) is 10.6 Å². The van der Waals surface area contributed by atoms with E-state index in [1.54, 1.807) is 0 Å². The van der Waals surface area contributed by atoms with Crippen LogP contribution in [-0.2, 0) is 19.9 Å². The van der Waals surface area contributed by atoms with Gasteiger partial charge in [-0.15, -0.1) is 12.4 Å². The summed E-state index contributed by atoms with van der Waals surface area (Å²) in [4.78, 5) is -0.220. The van der Waals surface area contributed by atoms with Crippen LogP contribution in [0.15, 0.2) is 28.0 Å². The fraction of sp³-hybridized carbons (Fsp3) is 0.538. The standard InChI is InChI=1S/C13H20N2O5S2.ClH/c1-9-7-15(8-11(9)14)22(18,19)13-6-10(21(3,16)17)4-5-12(13)20-2;/h4-6,9,11H,7-8,14H2,1-3H3;1H. The van der Waals surface area contributed by atoms with Gasteiger partial charge in [-0.1, -0.05) is 6.92 Å². The second-order valence-electron chi connectivity index (χ2n) is 5.55. The van der Waals surface area contributed by atoms with Crippen molar-refractivity contribution in [3.63, 3.8) is 0 Å². The number of sulfone groups is 1. The van der Waals surface area contributed by atoms with Crippen molar-refractivity contribution in [2.24, 2.45) is 11.7 Å². The van der Waals surface area contributed by atoms with E-state index in [1.807, 2.05) is 6.92 Å². The van der Waals surface area contributed by atoms with E-state index in [9.17, 15) is 16.8 Å². The molecule has 0 saturated carbocycles. The summed E-state index contributed by atoms with van der Waals surface area (Å²) in [5.41, 5.74) is 5.88. The first kappa shape index (κ1) is 20.2. The minimum Gasteiger partial charge on any atom is -0.495 e. The normalized spacial score (nSPS) is 22.6. The lowest BCUT2D eigenvalue weighted by molar-refractivity contribution is 0.397. The molecule has 23 heavy (non-hydrogen) atoms. The number of hydrogen-bond acceptors (Lipinski definition) is 6. The molecule has 1 heterocycles. The van der Waals surface area contributed by atoms with Crippen LogP contribution in [0.3, 0.4) is 0 Å². The molecule has 0 spiro atoms. The maximum Gasteiger partial charge on any atom is 0.246 e. The molecule has 1 aromatic rings. The highest BCUT2D eigenvalue weighted by atomic mass is 35.5. The number of rotatable bonds is 4. The van der Waals surface area contributed by atoms with Gasteiger partial charge < -0.3 is 10.5 Å². The summed E-state index contributed by atoms with van der Waals surface area (Å²) in [6.45, 7) is 2.38. The van der Waals surface area contributed by atoms with E-state index >= 15 is 0 Å². The summed E-state index contributed by atoms with van der Waals surface area (Å²) in [5, 5.41) is 0. The van der Waals surface area contributed by atoms with Crippen molar-refractivity contribution >= 4 is 32.3 Å². The van der Waals surface area contributed by atoms with Gasteiger partial charge in [0.2, 0.25) is 10.0 Å². The van der Waals surface area contributed by atoms with Crippen molar-refractivity contribution < 1.29 is 21.6 Å². The van der Waals surface area contributed by atoms with Crippen LogP contribution >= 0.6 is 12.4 Å². The molecule has 10 heteroatoms. The van der Waals surface area contributed by atoms with Gasteiger partial charge in [-0.2, -0.15) is 4.31 Å². The number of ether oxygens (including phenoxy) is 1. The lowest BCUT2D eigenvalue weighted by Gasteiger charge is -2.18. The van der Waals surface area contributed by atoms with Gasteiger partial charge >= 0.3 is 0 Å². The molecule has 0 aromatic heterocycles. The van der Waals surface area contributed by atoms with Gasteiger partial charge in [0, 0.05) is 25.4 Å². The quantitative estimate of drug-likeness (QED) is 0.809. The first-order chi connectivity index (χ1) is 10.1. The second kappa shape index (κ2) is 6.94. The van der Waals surface area contributed by atoms with Crippen LogP contribution in [-0.4, -0.2) is 53.6 Å². The molecule has 0 aliphatic carbocycles. The van der Waals surface area contributed by atoms with Crippen molar-refractivity contribution in [2.45, 2.75) is 22.8 Å². The topological polar surface area (TPSA) is 107 Å². The third-order valence-electron chi connectivity index (χ3n) is 3.82. The molecule has 2 atom stereocenters. The molecule has 0 amide bonds. The van der Waals surface area contributed by atoms with Gasteiger partial charge in [-0.3, -0.25) is 0 Å². The molecule has 1 fully saturated rings. The van der Waals surface area contributed by atoms with E-state index in [2.05, 4.69) is 0 Å². The number of hydrogen-bond donors (Lipinski definition) is 1. The predicted molar refractivity (Wildman–Crippen MR) is 89.3 cm³/mol. The molecule has 1 saturated heterocycles. The van der Waals surface area contributed by atoms with E-state index in [-0.39, 0.29) is 46.5 Å². The van der Waals surface area contributed by atoms with Gasteiger partial charge in [-0.05, 0) is 24.1 Å². The van der Waals surface area contributed by atoms with Crippen molar-refractivity contribution in [2.75, 3.05) is 26.5 Å². The smallest absolute Gasteiger partial charge is 0.246 e. The zero-order valence-electron chi connectivity index (χ0n) is 13.1. The monoisotopic (exact) mass is 384 g/mol. The summed E-state index contributed by atoms with van der Waals surface area (Å²) < 4.78 is 55.2. The average Bonchev–Trinajstić information content (AvgIpc) is 2.77. The molecule has 2 N–H and O–H groups in total. The van der Waals surface area contributed by atoms with Gasteiger partial charge in [-0.25, -0.2) is 16.8 Å². The molecule has 0 radical (unpaired) electrons. The van der Waals surface area contributed by atoms with Crippen LogP contribution in [0.5, 0.6) is 5.75 Å². The predicted octanol–water partition coefficient (Wildman–Crippen LogP) is 0.488. The summed E-state index contributed by atoms with van der Waals surface area (Å²) in [5.74, 6) is 0.152. The van der Waals surface area contributed by atoms with E-state index in [0.29, 0.717) is 6.54 Å². The molecule has 0 bridgehead atoms. The van der Waals surface area contributed by atoms with E-state index in [4.69, 9.17) is 10.5 Å². The second-order valence-corrected chi connectivity index (χ2v) is 9.47.